The summed E-state index contributed by atoms with van der Waals surface area (Å²) in [6, 6.07) is 8.90. The van der Waals surface area contributed by atoms with E-state index in [1.165, 1.54) is 15.1 Å². The summed E-state index contributed by atoms with van der Waals surface area (Å²) in [4.78, 5) is 5.91. The van der Waals surface area contributed by atoms with Crippen molar-refractivity contribution in [3.63, 3.8) is 0 Å². The van der Waals surface area contributed by atoms with E-state index in [2.05, 4.69) is 52.3 Å². The van der Waals surface area contributed by atoms with Crippen LogP contribution in [-0.4, -0.2) is 11.5 Å². The molecular formula is C15H16N2S2. The molecule has 4 heteroatoms. The highest BCUT2D eigenvalue weighted by atomic mass is 32.1. The number of rotatable bonds is 5. The Morgan fingerprint density at radius 3 is 3.00 bits per heavy atom. The normalized spacial score (nSPS) is 12.9. The van der Waals surface area contributed by atoms with Crippen LogP contribution in [0.1, 0.15) is 29.8 Å². The Morgan fingerprint density at radius 1 is 1.26 bits per heavy atom. The predicted molar refractivity (Wildman–Crippen MR) is 84.1 cm³/mol. The zero-order valence-corrected chi connectivity index (χ0v) is 12.4. The molecule has 0 spiro atoms. The number of fused-ring (bicyclic) bond motifs is 1. The van der Waals surface area contributed by atoms with Gasteiger partial charge in [-0.05, 0) is 47.5 Å². The second-order valence-electron chi connectivity index (χ2n) is 4.48. The Kier molecular flexibility index (Phi) is 3.92. The highest BCUT2D eigenvalue weighted by molar-refractivity contribution is 7.17. The maximum Gasteiger partial charge on any atom is 0.0809 e. The van der Waals surface area contributed by atoms with Crippen molar-refractivity contribution in [2.24, 2.45) is 0 Å². The Labute approximate surface area is 121 Å². The zero-order chi connectivity index (χ0) is 13.1. The van der Waals surface area contributed by atoms with Gasteiger partial charge >= 0.3 is 0 Å². The van der Waals surface area contributed by atoms with Crippen molar-refractivity contribution in [2.75, 3.05) is 6.54 Å². The molecule has 0 fully saturated rings. The van der Waals surface area contributed by atoms with Gasteiger partial charge in [-0.25, -0.2) is 0 Å². The monoisotopic (exact) mass is 288 g/mol. The first-order valence-corrected chi connectivity index (χ1v) is 8.24. The average Bonchev–Trinajstić information content (AvgIpc) is 3.09. The molecule has 3 aromatic heterocycles. The van der Waals surface area contributed by atoms with E-state index in [0.29, 0.717) is 0 Å². The quantitative estimate of drug-likeness (QED) is 0.750. The standard InChI is InChI=1S/C15H16N2S2/c1-2-6-16-15(13-4-3-7-18-13)11-9-14-12(17-10-11)5-8-19-14/h3-5,7-10,15-16H,2,6H2,1H3. The van der Waals surface area contributed by atoms with Gasteiger partial charge in [0.2, 0.25) is 0 Å². The second kappa shape index (κ2) is 5.82. The zero-order valence-electron chi connectivity index (χ0n) is 10.8. The minimum Gasteiger partial charge on any atom is -0.306 e. The number of nitrogens with zero attached hydrogens (tertiary/aromatic N) is 1. The highest BCUT2D eigenvalue weighted by Gasteiger charge is 2.15. The van der Waals surface area contributed by atoms with Crippen LogP contribution in [0.4, 0.5) is 0 Å². The summed E-state index contributed by atoms with van der Waals surface area (Å²) >= 11 is 3.55. The van der Waals surface area contributed by atoms with Crippen LogP contribution in [0.5, 0.6) is 0 Å². The van der Waals surface area contributed by atoms with Gasteiger partial charge in [-0.1, -0.05) is 13.0 Å². The van der Waals surface area contributed by atoms with E-state index >= 15 is 0 Å². The van der Waals surface area contributed by atoms with Gasteiger partial charge in [-0.15, -0.1) is 22.7 Å². The first-order chi connectivity index (χ1) is 9.38. The van der Waals surface area contributed by atoms with E-state index in [0.717, 1.165) is 18.5 Å². The van der Waals surface area contributed by atoms with Crippen LogP contribution in [0, 0.1) is 0 Å². The molecular weight excluding hydrogens is 272 g/mol. The third kappa shape index (κ3) is 2.71. The maximum absolute atomic E-state index is 4.56. The molecule has 3 aromatic rings. The number of hydrogen-bond donors (Lipinski definition) is 1. The summed E-state index contributed by atoms with van der Waals surface area (Å²) in [5.41, 5.74) is 2.35. The molecule has 3 heterocycles. The van der Waals surface area contributed by atoms with Crippen LogP contribution in [0.25, 0.3) is 10.2 Å². The molecule has 0 saturated carbocycles. The van der Waals surface area contributed by atoms with Gasteiger partial charge < -0.3 is 5.32 Å². The molecule has 0 bridgehead atoms. The predicted octanol–water partition coefficient (Wildman–Crippen LogP) is 4.45. The van der Waals surface area contributed by atoms with Crippen LogP contribution in [0.2, 0.25) is 0 Å². The molecule has 1 atom stereocenters. The van der Waals surface area contributed by atoms with Crippen LogP contribution in [0.15, 0.2) is 41.2 Å². The molecule has 19 heavy (non-hydrogen) atoms. The lowest BCUT2D eigenvalue weighted by molar-refractivity contribution is 0.605. The first kappa shape index (κ1) is 12.8. The van der Waals surface area contributed by atoms with Crippen LogP contribution in [-0.2, 0) is 0 Å². The molecule has 98 valence electrons. The van der Waals surface area contributed by atoms with Gasteiger partial charge in [0, 0.05) is 11.1 Å². The summed E-state index contributed by atoms with van der Waals surface area (Å²) in [5.74, 6) is 0. The van der Waals surface area contributed by atoms with Gasteiger partial charge in [0.1, 0.15) is 0 Å². The fraction of sp³-hybridized carbons (Fsp3) is 0.267. The number of hydrogen-bond acceptors (Lipinski definition) is 4. The minimum absolute atomic E-state index is 0.263. The number of nitrogens with one attached hydrogen (secondary N) is 1. The number of thiophene rings is 2. The Morgan fingerprint density at radius 2 is 2.21 bits per heavy atom. The van der Waals surface area contributed by atoms with E-state index in [1.807, 2.05) is 6.20 Å². The van der Waals surface area contributed by atoms with Gasteiger partial charge in [-0.3, -0.25) is 4.98 Å². The smallest absolute Gasteiger partial charge is 0.0809 e. The van der Waals surface area contributed by atoms with Gasteiger partial charge in [0.15, 0.2) is 0 Å². The van der Waals surface area contributed by atoms with Crippen LogP contribution < -0.4 is 5.32 Å². The first-order valence-electron chi connectivity index (χ1n) is 6.48. The molecule has 3 rings (SSSR count). The fourth-order valence-corrected chi connectivity index (χ4v) is 3.76. The van der Waals surface area contributed by atoms with Crippen molar-refractivity contribution in [3.05, 3.63) is 51.7 Å². The van der Waals surface area contributed by atoms with Crippen molar-refractivity contribution in [1.82, 2.24) is 10.3 Å². The molecule has 0 aliphatic rings. The lowest BCUT2D eigenvalue weighted by atomic mass is 10.1. The summed E-state index contributed by atoms with van der Waals surface area (Å²) in [5, 5.41) is 7.85. The SMILES string of the molecule is CCCNC(c1cnc2ccsc2c1)c1cccs1. The summed E-state index contributed by atoms with van der Waals surface area (Å²) in [7, 11) is 0. The molecule has 2 nitrogen and oxygen atoms in total. The number of pyridine rings is 1. The summed E-state index contributed by atoms with van der Waals surface area (Å²) in [6.07, 6.45) is 3.14. The van der Waals surface area contributed by atoms with Crippen molar-refractivity contribution in [2.45, 2.75) is 19.4 Å². The van der Waals surface area contributed by atoms with E-state index in [-0.39, 0.29) is 6.04 Å². The molecule has 0 aliphatic carbocycles. The molecule has 1 N–H and O–H groups in total. The van der Waals surface area contributed by atoms with E-state index in [4.69, 9.17) is 0 Å². The lowest BCUT2D eigenvalue weighted by Crippen LogP contribution is -2.22. The highest BCUT2D eigenvalue weighted by Crippen LogP contribution is 2.29. The Balaban J connectivity index is 1.97. The average molecular weight is 288 g/mol. The largest absolute Gasteiger partial charge is 0.306 e. The summed E-state index contributed by atoms with van der Waals surface area (Å²) in [6.45, 7) is 3.21. The van der Waals surface area contributed by atoms with Crippen molar-refractivity contribution in [1.29, 1.82) is 0 Å². The molecule has 0 amide bonds. The summed E-state index contributed by atoms with van der Waals surface area (Å²) < 4.78 is 1.26. The fourth-order valence-electron chi connectivity index (χ4n) is 2.15. The molecule has 1 unspecified atom stereocenters. The van der Waals surface area contributed by atoms with Gasteiger partial charge in [0.25, 0.3) is 0 Å². The maximum atomic E-state index is 4.56. The van der Waals surface area contributed by atoms with Crippen LogP contribution >= 0.6 is 22.7 Å². The van der Waals surface area contributed by atoms with Gasteiger partial charge in [-0.2, -0.15) is 0 Å². The van der Waals surface area contributed by atoms with Gasteiger partial charge in [0.05, 0.1) is 16.3 Å². The Hall–Kier alpha value is -1.23. The minimum atomic E-state index is 0.263. The van der Waals surface area contributed by atoms with E-state index < -0.39 is 0 Å². The van der Waals surface area contributed by atoms with Crippen molar-refractivity contribution < 1.29 is 0 Å². The van der Waals surface area contributed by atoms with E-state index in [1.54, 1.807) is 22.7 Å². The molecule has 0 saturated heterocycles. The Bertz CT molecular complexity index is 643. The third-order valence-electron chi connectivity index (χ3n) is 3.08. The van der Waals surface area contributed by atoms with Crippen molar-refractivity contribution >= 4 is 32.9 Å². The topological polar surface area (TPSA) is 24.9 Å². The van der Waals surface area contributed by atoms with Crippen molar-refractivity contribution in [3.8, 4) is 0 Å². The lowest BCUT2D eigenvalue weighted by Gasteiger charge is -2.17. The third-order valence-corrected chi connectivity index (χ3v) is 4.87. The second-order valence-corrected chi connectivity index (χ2v) is 6.40. The molecule has 0 aromatic carbocycles. The van der Waals surface area contributed by atoms with E-state index in [9.17, 15) is 0 Å². The van der Waals surface area contributed by atoms with Crippen LogP contribution in [0.3, 0.4) is 0 Å². The number of aromatic nitrogens is 1. The molecule has 0 radical (unpaired) electrons. The molecule has 0 aliphatic heterocycles.